The maximum atomic E-state index is 9.96. The number of nitrogens with zero attached hydrogens (tertiary/aromatic N) is 1. The molecule has 3 heteroatoms. The first kappa shape index (κ1) is 6.14. The monoisotopic (exact) mass is 101 g/mol. The van der Waals surface area contributed by atoms with Gasteiger partial charge in [-0.3, -0.25) is 4.79 Å². The highest BCUT2D eigenvalue weighted by Gasteiger charge is 1.85. The highest BCUT2D eigenvalue weighted by Crippen LogP contribution is 1.58. The average molecular weight is 101 g/mol. The summed E-state index contributed by atoms with van der Waals surface area (Å²) < 4.78 is 0.475. The lowest BCUT2D eigenvalue weighted by Crippen LogP contribution is -2.02. The largest absolute Gasteiger partial charge is 0.624 e. The molecule has 0 atom stereocenters. The van der Waals surface area contributed by atoms with Crippen molar-refractivity contribution in [3.8, 4) is 0 Å². The molecule has 0 aromatic rings. The Labute approximate surface area is 41.8 Å². The van der Waals surface area contributed by atoms with Crippen molar-refractivity contribution < 1.29 is 9.53 Å². The number of carbonyl (C=O) groups excluding carboxylic acids is 1. The number of ketones is 1. The van der Waals surface area contributed by atoms with Crippen LogP contribution in [0.15, 0.2) is 0 Å². The van der Waals surface area contributed by atoms with Crippen LogP contribution in [0.1, 0.15) is 6.92 Å². The van der Waals surface area contributed by atoms with Crippen molar-refractivity contribution in [1.29, 1.82) is 0 Å². The minimum atomic E-state index is -0.225. The molecule has 0 heterocycles. The Morgan fingerprint density at radius 2 is 2.29 bits per heavy atom. The maximum Gasteiger partial charge on any atom is 0.217 e. The first-order valence-corrected chi connectivity index (χ1v) is 1.88. The highest BCUT2D eigenvalue weighted by atomic mass is 16.5. The summed E-state index contributed by atoms with van der Waals surface area (Å²) in [6.45, 7) is 1.33. The van der Waals surface area contributed by atoms with E-state index in [2.05, 4.69) is 0 Å². The quantitative estimate of drug-likeness (QED) is 0.198. The lowest BCUT2D eigenvalue weighted by Gasteiger charge is -1.88. The van der Waals surface area contributed by atoms with Crippen LogP contribution in [0.2, 0.25) is 0 Å². The summed E-state index contributed by atoms with van der Waals surface area (Å²) in [6.07, 6.45) is 0.972. The maximum absolute atomic E-state index is 9.96. The average Bonchev–Trinajstić information content (AvgIpc) is 1.27. The van der Waals surface area contributed by atoms with Crippen LogP contribution in [0, 0.1) is 5.21 Å². The summed E-state index contributed by atoms with van der Waals surface area (Å²) in [5, 5.41) is 9.89. The fraction of sp³-hybridized carbons (Fsp3) is 0.500. The molecular weight excluding hydrogens is 94.0 g/mol. The molecule has 0 aliphatic heterocycles. The van der Waals surface area contributed by atoms with Gasteiger partial charge in [0.05, 0.1) is 0 Å². The van der Waals surface area contributed by atoms with Gasteiger partial charge >= 0.3 is 0 Å². The Morgan fingerprint density at radius 1 is 1.86 bits per heavy atom. The summed E-state index contributed by atoms with van der Waals surface area (Å²) in [5.41, 5.74) is 0. The highest BCUT2D eigenvalue weighted by molar-refractivity contribution is 6.24. The van der Waals surface area contributed by atoms with E-state index in [4.69, 9.17) is 0 Å². The lowest BCUT2D eigenvalue weighted by molar-refractivity contribution is -0.416. The molecule has 0 radical (unpaired) electrons. The number of hydrogen-bond donors (Lipinski definition) is 0. The van der Waals surface area contributed by atoms with Gasteiger partial charge in [0.15, 0.2) is 0 Å². The van der Waals surface area contributed by atoms with Crippen molar-refractivity contribution in [2.24, 2.45) is 0 Å². The molecule has 40 valence electrons. The van der Waals surface area contributed by atoms with Gasteiger partial charge in [-0.05, 0) is 0 Å². The molecule has 0 saturated heterocycles. The summed E-state index contributed by atoms with van der Waals surface area (Å²) in [6, 6.07) is 0. The number of hydrogen-bond acceptors (Lipinski definition) is 2. The van der Waals surface area contributed by atoms with E-state index in [1.165, 1.54) is 14.0 Å². The minimum absolute atomic E-state index is 0.225. The van der Waals surface area contributed by atoms with E-state index in [1.54, 1.807) is 0 Å². The van der Waals surface area contributed by atoms with E-state index in [1.807, 2.05) is 0 Å². The molecule has 7 heavy (non-hydrogen) atoms. The molecule has 0 aromatic heterocycles. The van der Waals surface area contributed by atoms with Crippen LogP contribution >= 0.6 is 0 Å². The van der Waals surface area contributed by atoms with Gasteiger partial charge in [0.2, 0.25) is 12.0 Å². The second-order valence-electron chi connectivity index (χ2n) is 1.29. The van der Waals surface area contributed by atoms with E-state index in [0.29, 0.717) is 4.74 Å². The molecule has 0 saturated carbocycles. The van der Waals surface area contributed by atoms with Crippen molar-refractivity contribution >= 4 is 12.0 Å². The van der Waals surface area contributed by atoms with Crippen LogP contribution in [0.25, 0.3) is 0 Å². The Hall–Kier alpha value is -0.860. The summed E-state index contributed by atoms with van der Waals surface area (Å²) >= 11 is 0. The number of carbonyl (C=O) groups is 1. The zero-order valence-corrected chi connectivity index (χ0v) is 4.34. The van der Waals surface area contributed by atoms with Crippen molar-refractivity contribution in [2.45, 2.75) is 6.92 Å². The van der Waals surface area contributed by atoms with Crippen LogP contribution in [0.5, 0.6) is 0 Å². The molecule has 0 aliphatic carbocycles. The van der Waals surface area contributed by atoms with E-state index < -0.39 is 0 Å². The molecule has 0 spiro atoms. The minimum Gasteiger partial charge on any atom is -0.624 e. The Morgan fingerprint density at radius 3 is 2.29 bits per heavy atom. The third-order valence-electron chi connectivity index (χ3n) is 0.364. The van der Waals surface area contributed by atoms with Crippen molar-refractivity contribution in [1.82, 2.24) is 0 Å². The Bertz CT molecular complexity index is 102. The van der Waals surface area contributed by atoms with Gasteiger partial charge < -0.3 is 5.21 Å². The van der Waals surface area contributed by atoms with E-state index in [9.17, 15) is 10.0 Å². The molecule has 0 aromatic carbocycles. The fourth-order valence-corrected chi connectivity index (χ4v) is 0.256. The standard InChI is InChI=1S/C4H7NO2/c1-4(6)3-5(2)7/h3H,1-2H3/b5-3+. The van der Waals surface area contributed by atoms with Gasteiger partial charge in [0.25, 0.3) is 0 Å². The van der Waals surface area contributed by atoms with Gasteiger partial charge in [-0.1, -0.05) is 0 Å². The zero-order chi connectivity index (χ0) is 5.86. The van der Waals surface area contributed by atoms with Gasteiger partial charge in [-0.2, -0.15) is 0 Å². The van der Waals surface area contributed by atoms with Crippen molar-refractivity contribution in [3.63, 3.8) is 0 Å². The molecule has 0 amide bonds. The summed E-state index contributed by atoms with van der Waals surface area (Å²) in [4.78, 5) is 9.96. The second-order valence-corrected chi connectivity index (χ2v) is 1.29. The van der Waals surface area contributed by atoms with E-state index in [-0.39, 0.29) is 5.78 Å². The van der Waals surface area contributed by atoms with Crippen LogP contribution in [-0.4, -0.2) is 23.8 Å². The van der Waals surface area contributed by atoms with Crippen molar-refractivity contribution in [2.75, 3.05) is 7.05 Å². The van der Waals surface area contributed by atoms with Crippen LogP contribution in [-0.2, 0) is 4.79 Å². The molecule has 0 aliphatic rings. The van der Waals surface area contributed by atoms with Gasteiger partial charge in [0, 0.05) is 6.92 Å². The third-order valence-corrected chi connectivity index (χ3v) is 0.364. The predicted octanol–water partition coefficient (Wildman–Crippen LogP) is -0.214. The second kappa shape index (κ2) is 2.34. The van der Waals surface area contributed by atoms with Crippen LogP contribution < -0.4 is 0 Å². The first-order chi connectivity index (χ1) is 3.13. The molecule has 0 rings (SSSR count). The molecular formula is C4H7NO2. The third kappa shape index (κ3) is 5.14. The van der Waals surface area contributed by atoms with E-state index in [0.717, 1.165) is 6.21 Å². The first-order valence-electron chi connectivity index (χ1n) is 1.88. The molecule has 3 nitrogen and oxygen atoms in total. The van der Waals surface area contributed by atoms with Crippen LogP contribution in [0.3, 0.4) is 0 Å². The predicted molar refractivity (Wildman–Crippen MR) is 26.3 cm³/mol. The molecule has 0 N–H and O–H groups in total. The molecule has 0 unspecified atom stereocenters. The number of hydroxylamine groups is 1. The number of Topliss-reactive ketones (excluding diaryl/α,β-unsaturated/α-hetero) is 1. The zero-order valence-electron chi connectivity index (χ0n) is 4.34. The summed E-state index contributed by atoms with van der Waals surface area (Å²) in [7, 11) is 1.27. The smallest absolute Gasteiger partial charge is 0.217 e. The molecule has 0 bridgehead atoms. The summed E-state index contributed by atoms with van der Waals surface area (Å²) in [5.74, 6) is -0.225. The Kier molecular flexibility index (Phi) is 2.05. The van der Waals surface area contributed by atoms with Gasteiger partial charge in [0.1, 0.15) is 7.05 Å². The van der Waals surface area contributed by atoms with E-state index >= 15 is 0 Å². The van der Waals surface area contributed by atoms with Gasteiger partial charge in [-0.25, -0.2) is 4.74 Å². The SMILES string of the molecule is CC(=O)/C=[N+](\C)[O-]. The Balaban J connectivity index is 3.68. The molecule has 0 fully saturated rings. The number of rotatable bonds is 1. The lowest BCUT2D eigenvalue weighted by atomic mass is 10.5. The fourth-order valence-electron chi connectivity index (χ4n) is 0.256. The van der Waals surface area contributed by atoms with Crippen molar-refractivity contribution in [3.05, 3.63) is 5.21 Å². The topological polar surface area (TPSA) is 43.1 Å². The van der Waals surface area contributed by atoms with Crippen LogP contribution in [0.4, 0.5) is 0 Å². The normalized spacial score (nSPS) is 11.4. The van der Waals surface area contributed by atoms with Gasteiger partial charge in [-0.15, -0.1) is 0 Å².